The molecule has 1 nitrogen and oxygen atoms in total. The Balaban J connectivity index is 2.34. The van der Waals surface area contributed by atoms with E-state index in [9.17, 15) is 4.79 Å². The number of benzene rings is 1. The van der Waals surface area contributed by atoms with E-state index in [-0.39, 0.29) is 5.41 Å². The molecule has 1 heteroatoms. The zero-order valence-electron chi connectivity index (χ0n) is 11.6. The largest absolute Gasteiger partial charge is 0.298 e. The third-order valence-electron chi connectivity index (χ3n) is 4.73. The van der Waals surface area contributed by atoms with Crippen LogP contribution in [0.5, 0.6) is 0 Å². The molecule has 0 aliphatic heterocycles. The Morgan fingerprint density at radius 2 is 1.67 bits per heavy atom. The molecule has 98 valence electrons. The van der Waals surface area contributed by atoms with Gasteiger partial charge in [0.15, 0.2) is 0 Å². The quantitative estimate of drug-likeness (QED) is 0.745. The van der Waals surface area contributed by atoms with Crippen LogP contribution in [0, 0.1) is 5.92 Å². The van der Waals surface area contributed by atoms with E-state index >= 15 is 0 Å². The van der Waals surface area contributed by atoms with Crippen LogP contribution >= 0.6 is 0 Å². The third-order valence-corrected chi connectivity index (χ3v) is 4.73. The summed E-state index contributed by atoms with van der Waals surface area (Å²) in [5, 5.41) is 0. The van der Waals surface area contributed by atoms with Crippen molar-refractivity contribution in [3.05, 3.63) is 35.9 Å². The summed E-state index contributed by atoms with van der Waals surface area (Å²) in [5.74, 6) is 0.807. The summed E-state index contributed by atoms with van der Waals surface area (Å²) in [4.78, 5) is 12.9. The van der Waals surface area contributed by atoms with Crippen molar-refractivity contribution in [2.24, 2.45) is 5.92 Å². The van der Waals surface area contributed by atoms with Gasteiger partial charge >= 0.3 is 0 Å². The summed E-state index contributed by atoms with van der Waals surface area (Å²) < 4.78 is 0. The number of hydrogen-bond donors (Lipinski definition) is 0. The van der Waals surface area contributed by atoms with E-state index in [0.717, 1.165) is 25.7 Å². The molecule has 1 aliphatic carbocycles. The first-order valence-electron chi connectivity index (χ1n) is 7.34. The van der Waals surface area contributed by atoms with Crippen molar-refractivity contribution in [1.82, 2.24) is 0 Å². The zero-order valence-corrected chi connectivity index (χ0v) is 11.6. The second-order valence-electron chi connectivity index (χ2n) is 5.50. The molecule has 0 atom stereocenters. The van der Waals surface area contributed by atoms with Crippen LogP contribution in [0.4, 0.5) is 0 Å². The standard InChI is InChI=1S/C17H24O/c1-3-17(4-2,15-12-6-5-7-13-15)16(18)14-10-8-9-11-14/h5-7,12-14H,3-4,8-11H2,1-2H3. The average molecular weight is 244 g/mol. The number of hydrogen-bond acceptors (Lipinski definition) is 1. The van der Waals surface area contributed by atoms with E-state index in [0.29, 0.717) is 11.7 Å². The summed E-state index contributed by atoms with van der Waals surface area (Å²) in [7, 11) is 0. The normalized spacial score (nSPS) is 17.0. The monoisotopic (exact) mass is 244 g/mol. The zero-order chi connectivity index (χ0) is 13.0. The van der Waals surface area contributed by atoms with Crippen molar-refractivity contribution in [2.75, 3.05) is 0 Å². The highest BCUT2D eigenvalue weighted by atomic mass is 16.1. The van der Waals surface area contributed by atoms with Crippen LogP contribution in [0.25, 0.3) is 0 Å². The fourth-order valence-electron chi connectivity index (χ4n) is 3.48. The maximum absolute atomic E-state index is 12.9. The molecule has 1 aromatic rings. The van der Waals surface area contributed by atoms with Crippen molar-refractivity contribution in [3.8, 4) is 0 Å². The molecule has 0 bridgehead atoms. The summed E-state index contributed by atoms with van der Waals surface area (Å²) in [6.45, 7) is 4.31. The highest BCUT2D eigenvalue weighted by molar-refractivity contribution is 5.92. The highest BCUT2D eigenvalue weighted by Gasteiger charge is 2.40. The van der Waals surface area contributed by atoms with Gasteiger partial charge in [-0.25, -0.2) is 0 Å². The number of Topliss-reactive ketones (excluding diaryl/α,β-unsaturated/α-hetero) is 1. The number of ketones is 1. The lowest BCUT2D eigenvalue weighted by Gasteiger charge is -2.33. The first-order chi connectivity index (χ1) is 8.74. The number of carbonyl (C=O) groups excluding carboxylic acids is 1. The van der Waals surface area contributed by atoms with Gasteiger partial charge in [0.25, 0.3) is 0 Å². The molecule has 0 spiro atoms. The molecule has 1 aromatic carbocycles. The van der Waals surface area contributed by atoms with Gasteiger partial charge in [0.05, 0.1) is 5.41 Å². The van der Waals surface area contributed by atoms with E-state index in [1.807, 2.05) is 6.07 Å². The van der Waals surface area contributed by atoms with Crippen molar-refractivity contribution >= 4 is 5.78 Å². The Morgan fingerprint density at radius 1 is 1.11 bits per heavy atom. The average Bonchev–Trinajstić information content (AvgIpc) is 2.96. The van der Waals surface area contributed by atoms with Gasteiger partial charge in [-0.1, -0.05) is 57.0 Å². The van der Waals surface area contributed by atoms with Gasteiger partial charge in [-0.15, -0.1) is 0 Å². The van der Waals surface area contributed by atoms with E-state index in [2.05, 4.69) is 38.1 Å². The molecular weight excluding hydrogens is 220 g/mol. The van der Waals surface area contributed by atoms with Crippen LogP contribution < -0.4 is 0 Å². The molecule has 1 fully saturated rings. The summed E-state index contributed by atoms with van der Waals surface area (Å²) in [5.41, 5.74) is 0.975. The third kappa shape index (κ3) is 2.23. The Kier molecular flexibility index (Phi) is 4.21. The number of carbonyl (C=O) groups is 1. The van der Waals surface area contributed by atoms with Gasteiger partial charge in [-0.2, -0.15) is 0 Å². The topological polar surface area (TPSA) is 17.1 Å². The van der Waals surface area contributed by atoms with E-state index in [1.54, 1.807) is 0 Å². The lowest BCUT2D eigenvalue weighted by molar-refractivity contribution is -0.128. The fourth-order valence-corrected chi connectivity index (χ4v) is 3.48. The van der Waals surface area contributed by atoms with Crippen molar-refractivity contribution < 1.29 is 4.79 Å². The van der Waals surface area contributed by atoms with Gasteiger partial charge in [-0.05, 0) is 31.2 Å². The first kappa shape index (κ1) is 13.3. The lowest BCUT2D eigenvalue weighted by atomic mass is 9.68. The van der Waals surface area contributed by atoms with Gasteiger partial charge < -0.3 is 0 Å². The molecule has 0 aromatic heterocycles. The van der Waals surface area contributed by atoms with Gasteiger partial charge in [0.1, 0.15) is 5.78 Å². The molecule has 0 unspecified atom stereocenters. The highest BCUT2D eigenvalue weighted by Crippen LogP contribution is 2.39. The molecule has 0 heterocycles. The minimum absolute atomic E-state index is 0.240. The van der Waals surface area contributed by atoms with Crippen molar-refractivity contribution in [3.63, 3.8) is 0 Å². The molecule has 1 saturated carbocycles. The molecule has 0 saturated heterocycles. The molecule has 0 N–H and O–H groups in total. The second-order valence-corrected chi connectivity index (χ2v) is 5.50. The number of rotatable bonds is 5. The van der Waals surface area contributed by atoms with E-state index < -0.39 is 0 Å². The predicted octanol–water partition coefficient (Wildman–Crippen LogP) is 4.50. The van der Waals surface area contributed by atoms with Crippen LogP contribution in [0.1, 0.15) is 57.9 Å². The molecule has 0 amide bonds. The predicted molar refractivity (Wildman–Crippen MR) is 75.7 cm³/mol. The lowest BCUT2D eigenvalue weighted by Crippen LogP contribution is -2.38. The van der Waals surface area contributed by atoms with Crippen molar-refractivity contribution in [1.29, 1.82) is 0 Å². The van der Waals surface area contributed by atoms with Crippen LogP contribution in [-0.2, 0) is 10.2 Å². The molecule has 18 heavy (non-hydrogen) atoms. The first-order valence-corrected chi connectivity index (χ1v) is 7.34. The smallest absolute Gasteiger partial charge is 0.146 e. The molecule has 1 aliphatic rings. The molecule has 0 radical (unpaired) electrons. The Hall–Kier alpha value is -1.11. The van der Waals surface area contributed by atoms with Gasteiger partial charge in [0, 0.05) is 5.92 Å². The van der Waals surface area contributed by atoms with Crippen LogP contribution in [0.3, 0.4) is 0 Å². The molecule has 2 rings (SSSR count). The fraction of sp³-hybridized carbons (Fsp3) is 0.588. The minimum atomic E-state index is -0.240. The minimum Gasteiger partial charge on any atom is -0.298 e. The Bertz CT molecular complexity index is 383. The van der Waals surface area contributed by atoms with E-state index in [1.165, 1.54) is 18.4 Å². The van der Waals surface area contributed by atoms with Gasteiger partial charge in [0.2, 0.25) is 0 Å². The Morgan fingerprint density at radius 3 is 2.17 bits per heavy atom. The van der Waals surface area contributed by atoms with E-state index in [4.69, 9.17) is 0 Å². The van der Waals surface area contributed by atoms with Crippen molar-refractivity contribution in [2.45, 2.75) is 57.8 Å². The maximum atomic E-state index is 12.9. The molecular formula is C17H24O. The van der Waals surface area contributed by atoms with Crippen LogP contribution in [0.2, 0.25) is 0 Å². The SMILES string of the molecule is CCC(CC)(C(=O)C1CCCC1)c1ccccc1. The van der Waals surface area contributed by atoms with Crippen LogP contribution in [0.15, 0.2) is 30.3 Å². The maximum Gasteiger partial charge on any atom is 0.146 e. The second kappa shape index (κ2) is 5.69. The summed E-state index contributed by atoms with van der Waals surface area (Å²) in [6, 6.07) is 10.4. The summed E-state index contributed by atoms with van der Waals surface area (Å²) in [6.07, 6.45) is 6.51. The Labute approximate surface area is 111 Å². The summed E-state index contributed by atoms with van der Waals surface area (Å²) >= 11 is 0. The van der Waals surface area contributed by atoms with Gasteiger partial charge in [-0.3, -0.25) is 4.79 Å². The van der Waals surface area contributed by atoms with Crippen LogP contribution in [-0.4, -0.2) is 5.78 Å².